The van der Waals surface area contributed by atoms with Crippen LogP contribution in [0.4, 0.5) is 13.2 Å². The molecule has 0 saturated carbocycles. The fourth-order valence-corrected chi connectivity index (χ4v) is 5.31. The van der Waals surface area contributed by atoms with Crippen LogP contribution in [0.5, 0.6) is 0 Å². The zero-order valence-corrected chi connectivity index (χ0v) is 20.0. The summed E-state index contributed by atoms with van der Waals surface area (Å²) >= 11 is 0.856. The lowest BCUT2D eigenvalue weighted by Crippen LogP contribution is -2.44. The van der Waals surface area contributed by atoms with Crippen LogP contribution in [-0.2, 0) is 19.5 Å². The van der Waals surface area contributed by atoms with Crippen molar-refractivity contribution >= 4 is 27.5 Å². The van der Waals surface area contributed by atoms with Gasteiger partial charge < -0.3 is 10.0 Å². The largest absolute Gasteiger partial charge is 0.390 e. The molecule has 0 unspecified atom stereocenters. The molecule has 0 radical (unpaired) electrons. The third-order valence-electron chi connectivity index (χ3n) is 6.32. The van der Waals surface area contributed by atoms with Crippen LogP contribution in [-0.4, -0.2) is 49.9 Å². The van der Waals surface area contributed by atoms with Crippen molar-refractivity contribution in [1.29, 1.82) is 0 Å². The number of aliphatic hydroxyl groups is 1. The molecule has 0 atom stereocenters. The number of aromatic nitrogens is 2. The number of nitrogens with zero attached hydrogens (tertiary/aromatic N) is 3. The molecule has 7 nitrogen and oxygen atoms in total. The predicted molar refractivity (Wildman–Crippen MR) is 127 cm³/mol. The molecule has 0 aliphatic carbocycles. The molecular weight excluding hydrogens is 483 g/mol. The molecule has 3 heterocycles. The SMILES string of the molecule is CC1(O)CCN(C(=O)c2cc3c(=O)n(CCc4ccccc4)c(=O)n(CCC(F)(F)F)c3s2)CC1. The van der Waals surface area contributed by atoms with Crippen LogP contribution in [0.2, 0.25) is 0 Å². The molecule has 1 aliphatic heterocycles. The number of piperidine rings is 1. The zero-order valence-electron chi connectivity index (χ0n) is 19.2. The highest BCUT2D eigenvalue weighted by Crippen LogP contribution is 2.28. The first kappa shape index (κ1) is 25.2. The van der Waals surface area contributed by atoms with Crippen molar-refractivity contribution in [2.45, 2.75) is 57.5 Å². The zero-order chi connectivity index (χ0) is 25.4. The summed E-state index contributed by atoms with van der Waals surface area (Å²) in [6.45, 7) is 1.70. The maximum absolute atomic E-state index is 13.2. The Balaban J connectivity index is 1.73. The number of aryl methyl sites for hydroxylation is 2. The average Bonchev–Trinajstić information content (AvgIpc) is 3.24. The smallest absolute Gasteiger partial charge is 0.390 e. The topological polar surface area (TPSA) is 84.5 Å². The molecule has 35 heavy (non-hydrogen) atoms. The van der Waals surface area contributed by atoms with Gasteiger partial charge in [0.05, 0.1) is 22.3 Å². The minimum atomic E-state index is -4.49. The summed E-state index contributed by atoms with van der Waals surface area (Å²) in [6.07, 6.45) is -4.58. The second-order valence-corrected chi connectivity index (χ2v) is 10.1. The molecule has 1 fully saturated rings. The second-order valence-electron chi connectivity index (χ2n) is 9.11. The van der Waals surface area contributed by atoms with Gasteiger partial charge in [-0.15, -0.1) is 11.3 Å². The Bertz CT molecular complexity index is 1330. The van der Waals surface area contributed by atoms with Crippen LogP contribution in [0.25, 0.3) is 10.2 Å². The van der Waals surface area contributed by atoms with Crippen molar-refractivity contribution < 1.29 is 23.1 Å². The third-order valence-corrected chi connectivity index (χ3v) is 7.47. The van der Waals surface area contributed by atoms with Crippen LogP contribution < -0.4 is 11.2 Å². The van der Waals surface area contributed by atoms with E-state index < -0.39 is 36.0 Å². The minimum Gasteiger partial charge on any atom is -0.390 e. The summed E-state index contributed by atoms with van der Waals surface area (Å²) in [5.41, 5.74) is -1.43. The Morgan fingerprint density at radius 2 is 1.74 bits per heavy atom. The number of rotatable bonds is 6. The van der Waals surface area contributed by atoms with E-state index in [0.717, 1.165) is 26.0 Å². The van der Waals surface area contributed by atoms with Gasteiger partial charge in [0.25, 0.3) is 11.5 Å². The van der Waals surface area contributed by atoms with Gasteiger partial charge in [0.1, 0.15) is 4.83 Å². The first-order valence-electron chi connectivity index (χ1n) is 11.3. The Labute approximate surface area is 203 Å². The van der Waals surface area contributed by atoms with E-state index in [9.17, 15) is 32.7 Å². The molecule has 2 aromatic heterocycles. The van der Waals surface area contributed by atoms with Crippen LogP contribution in [0.1, 0.15) is 41.4 Å². The number of benzene rings is 1. The molecule has 11 heteroatoms. The van der Waals surface area contributed by atoms with Crippen molar-refractivity contribution in [3.05, 3.63) is 67.7 Å². The first-order valence-corrected chi connectivity index (χ1v) is 12.2. The maximum atomic E-state index is 13.2. The summed E-state index contributed by atoms with van der Waals surface area (Å²) in [5, 5.41) is 10.2. The highest BCUT2D eigenvalue weighted by Gasteiger charge is 2.32. The molecule has 0 spiro atoms. The standard InChI is InChI=1S/C24H26F3N3O4S/c1-23(34)8-12-28(13-9-23)20(32)18-15-17-19(31)29(11-7-16-5-3-2-4-6-16)22(33)30(21(17)35-18)14-10-24(25,26)27/h2-6,15,34H,7-14H2,1H3. The highest BCUT2D eigenvalue weighted by molar-refractivity contribution is 7.20. The van der Waals surface area contributed by atoms with Gasteiger partial charge in [0.2, 0.25) is 0 Å². The van der Waals surface area contributed by atoms with Crippen molar-refractivity contribution in [2.24, 2.45) is 0 Å². The average molecular weight is 510 g/mol. The van der Waals surface area contributed by atoms with Gasteiger partial charge in [-0.05, 0) is 37.8 Å². The van der Waals surface area contributed by atoms with Crippen molar-refractivity contribution in [3.63, 3.8) is 0 Å². The van der Waals surface area contributed by atoms with Crippen molar-refractivity contribution in [1.82, 2.24) is 14.0 Å². The minimum absolute atomic E-state index is 0.00394. The van der Waals surface area contributed by atoms with E-state index in [2.05, 4.69) is 0 Å². The van der Waals surface area contributed by atoms with Crippen molar-refractivity contribution in [2.75, 3.05) is 13.1 Å². The predicted octanol–water partition coefficient (Wildman–Crippen LogP) is 3.41. The molecule has 1 amide bonds. The van der Waals surface area contributed by atoms with E-state index in [1.807, 2.05) is 30.3 Å². The van der Waals surface area contributed by atoms with E-state index >= 15 is 0 Å². The molecule has 1 N–H and O–H groups in total. The molecule has 1 aromatic carbocycles. The van der Waals surface area contributed by atoms with Gasteiger partial charge in [0.15, 0.2) is 0 Å². The van der Waals surface area contributed by atoms with Crippen LogP contribution in [0, 0.1) is 0 Å². The van der Waals surface area contributed by atoms with E-state index in [-0.39, 0.29) is 27.5 Å². The van der Waals surface area contributed by atoms with E-state index in [1.165, 1.54) is 6.07 Å². The van der Waals surface area contributed by atoms with Gasteiger partial charge >= 0.3 is 11.9 Å². The quantitative estimate of drug-likeness (QED) is 0.552. The molecule has 4 rings (SSSR count). The third kappa shape index (κ3) is 5.67. The number of alkyl halides is 3. The fourth-order valence-electron chi connectivity index (χ4n) is 4.17. The number of halogens is 3. The molecular formula is C24H26F3N3O4S. The maximum Gasteiger partial charge on any atom is 0.390 e. The van der Waals surface area contributed by atoms with Gasteiger partial charge in [-0.2, -0.15) is 13.2 Å². The fraction of sp³-hybridized carbons (Fsp3) is 0.458. The van der Waals surface area contributed by atoms with Gasteiger partial charge in [-0.25, -0.2) is 4.79 Å². The van der Waals surface area contributed by atoms with Crippen LogP contribution in [0.3, 0.4) is 0 Å². The lowest BCUT2D eigenvalue weighted by atomic mass is 9.94. The number of thiophene rings is 1. The number of amides is 1. The summed E-state index contributed by atoms with van der Waals surface area (Å²) in [4.78, 5) is 41.2. The summed E-state index contributed by atoms with van der Waals surface area (Å²) in [6, 6.07) is 10.5. The molecule has 1 saturated heterocycles. The lowest BCUT2D eigenvalue weighted by Gasteiger charge is -2.35. The molecule has 188 valence electrons. The lowest BCUT2D eigenvalue weighted by molar-refractivity contribution is -0.136. The van der Waals surface area contributed by atoms with Gasteiger partial charge in [0, 0.05) is 26.2 Å². The van der Waals surface area contributed by atoms with Gasteiger partial charge in [-0.1, -0.05) is 30.3 Å². The van der Waals surface area contributed by atoms with Crippen LogP contribution >= 0.6 is 11.3 Å². The normalized spacial score (nSPS) is 16.1. The number of carbonyl (C=O) groups is 1. The highest BCUT2D eigenvalue weighted by atomic mass is 32.1. The molecule has 0 bridgehead atoms. The Hall–Kier alpha value is -2.92. The number of hydrogen-bond acceptors (Lipinski definition) is 5. The monoisotopic (exact) mass is 509 g/mol. The van der Waals surface area contributed by atoms with Gasteiger partial charge in [-0.3, -0.25) is 18.7 Å². The summed E-state index contributed by atoms with van der Waals surface area (Å²) < 4.78 is 40.9. The number of carbonyl (C=O) groups excluding carboxylic acids is 1. The Morgan fingerprint density at radius 3 is 2.37 bits per heavy atom. The Kier molecular flexibility index (Phi) is 6.92. The number of likely N-dealkylation sites (tertiary alicyclic amines) is 1. The Morgan fingerprint density at radius 1 is 1.09 bits per heavy atom. The molecule has 1 aliphatic rings. The molecule has 3 aromatic rings. The number of hydrogen-bond donors (Lipinski definition) is 1. The first-order chi connectivity index (χ1) is 16.5. The van der Waals surface area contributed by atoms with Crippen molar-refractivity contribution in [3.8, 4) is 0 Å². The van der Waals surface area contributed by atoms with E-state index in [4.69, 9.17) is 0 Å². The summed E-state index contributed by atoms with van der Waals surface area (Å²) in [7, 11) is 0. The summed E-state index contributed by atoms with van der Waals surface area (Å²) in [5.74, 6) is -0.369. The van der Waals surface area contributed by atoms with E-state index in [0.29, 0.717) is 32.4 Å². The second kappa shape index (κ2) is 9.62. The van der Waals surface area contributed by atoms with E-state index in [1.54, 1.807) is 11.8 Å². The van der Waals surface area contributed by atoms with Crippen LogP contribution in [0.15, 0.2) is 46.0 Å². The number of fused-ring (bicyclic) bond motifs is 1.